The number of piperidine rings is 1. The Morgan fingerprint density at radius 1 is 0.961 bits per heavy atom. The lowest BCUT2D eigenvalue weighted by atomic mass is 9.83. The van der Waals surface area contributed by atoms with Crippen molar-refractivity contribution >= 4 is 51.1 Å². The van der Waals surface area contributed by atoms with Gasteiger partial charge in [0.2, 0.25) is 17.6 Å². The number of hydrogen-bond acceptors (Lipinski definition) is 8. The first-order valence-corrected chi connectivity index (χ1v) is 21.1. The van der Waals surface area contributed by atoms with Crippen LogP contribution in [0.4, 0.5) is 4.79 Å². The van der Waals surface area contributed by atoms with Gasteiger partial charge in [-0.25, -0.2) is 13.2 Å². The van der Waals surface area contributed by atoms with E-state index in [1.54, 1.807) is 25.7 Å². The molecule has 0 bridgehead atoms. The summed E-state index contributed by atoms with van der Waals surface area (Å²) in [6, 6.07) is -3.50. The molecule has 5 atom stereocenters. The van der Waals surface area contributed by atoms with Crippen molar-refractivity contribution in [1.29, 1.82) is 0 Å². The standard InChI is InChI=1S/C37H61N5O7S2/c1-10-18-38-31(45)29(43)25(19-23-14-15-23)39-30(44)28-27-24(36(27,8)9)20-42(28)32(46)26(21-50-34(2,3)4)40-33(47)41-37(16-12-11-13-17-37)22-51(48,49)35(5,6)7/h10,23-28H,1,11-22H2,2-9H3,(H,38,45)(H,39,44)(H2,40,41,47)/t24-,25?,26-,27-,28-/m0/s1. The summed E-state index contributed by atoms with van der Waals surface area (Å²) >= 11 is 1.51. The molecule has 4 aliphatic rings. The van der Waals surface area contributed by atoms with Gasteiger partial charge in [0.1, 0.15) is 12.1 Å². The van der Waals surface area contributed by atoms with Crippen molar-refractivity contribution in [3.8, 4) is 0 Å². The molecular formula is C37H61N5O7S2. The second-order valence-electron chi connectivity index (χ2n) is 17.8. The molecule has 4 N–H and O–H groups in total. The Morgan fingerprint density at radius 3 is 2.14 bits per heavy atom. The molecule has 3 saturated carbocycles. The molecule has 4 fully saturated rings. The summed E-state index contributed by atoms with van der Waals surface area (Å²) in [5.41, 5.74) is -1.16. The summed E-state index contributed by atoms with van der Waals surface area (Å²) < 4.78 is 25.5. The zero-order chi connectivity index (χ0) is 38.2. The van der Waals surface area contributed by atoms with E-state index < -0.39 is 67.8 Å². The average Bonchev–Trinajstić information content (AvgIpc) is 3.87. The van der Waals surface area contributed by atoms with Gasteiger partial charge in [0, 0.05) is 23.6 Å². The number of urea groups is 1. The topological polar surface area (TPSA) is 171 Å². The van der Waals surface area contributed by atoms with Crippen LogP contribution in [-0.2, 0) is 29.0 Å². The molecule has 5 amide bonds. The first-order chi connectivity index (χ1) is 23.5. The third-order valence-electron chi connectivity index (χ3n) is 11.2. The second kappa shape index (κ2) is 15.4. The number of Topliss-reactive ketones (excluding diaryl/α,β-unsaturated/α-hetero) is 1. The lowest BCUT2D eigenvalue weighted by Crippen LogP contribution is -2.62. The quantitative estimate of drug-likeness (QED) is 0.145. The molecule has 1 saturated heterocycles. The predicted molar refractivity (Wildman–Crippen MR) is 201 cm³/mol. The number of carbonyl (C=O) groups is 5. The molecule has 3 aliphatic carbocycles. The van der Waals surface area contributed by atoms with Gasteiger partial charge in [-0.2, -0.15) is 11.8 Å². The van der Waals surface area contributed by atoms with Gasteiger partial charge in [-0.3, -0.25) is 19.2 Å². The number of sulfone groups is 1. The Bertz CT molecular complexity index is 1470. The average molecular weight is 752 g/mol. The Balaban J connectivity index is 1.56. The van der Waals surface area contributed by atoms with Crippen LogP contribution in [0.3, 0.4) is 0 Å². The van der Waals surface area contributed by atoms with Gasteiger partial charge in [0.15, 0.2) is 9.84 Å². The van der Waals surface area contributed by atoms with Crippen molar-refractivity contribution in [2.24, 2.45) is 23.2 Å². The van der Waals surface area contributed by atoms with Crippen LogP contribution in [0, 0.1) is 23.2 Å². The van der Waals surface area contributed by atoms with Crippen molar-refractivity contribution in [1.82, 2.24) is 26.2 Å². The molecule has 0 aromatic heterocycles. The van der Waals surface area contributed by atoms with Gasteiger partial charge in [-0.05, 0) is 63.2 Å². The van der Waals surface area contributed by atoms with Gasteiger partial charge >= 0.3 is 6.03 Å². The highest BCUT2D eigenvalue weighted by molar-refractivity contribution is 8.00. The molecule has 14 heteroatoms. The molecule has 0 aromatic carbocycles. The van der Waals surface area contributed by atoms with Crippen molar-refractivity contribution in [2.75, 3.05) is 24.6 Å². The maximum atomic E-state index is 14.5. The molecule has 1 heterocycles. The number of likely N-dealkylation sites (tertiary alicyclic amines) is 1. The van der Waals surface area contributed by atoms with E-state index in [9.17, 15) is 32.4 Å². The minimum Gasteiger partial charge on any atom is -0.346 e. The SMILES string of the molecule is C=CCNC(=O)C(=O)C(CC1CC1)NC(=O)[C@@H]1[C@@H]2[C@H](CN1C(=O)[C@H](CSC(C)(C)C)NC(=O)NC1(CS(=O)(=O)C(C)(C)C)CCCCC1)C2(C)C. The molecule has 1 aliphatic heterocycles. The maximum absolute atomic E-state index is 14.5. The van der Waals surface area contributed by atoms with Gasteiger partial charge in [-0.1, -0.05) is 72.8 Å². The first-order valence-electron chi connectivity index (χ1n) is 18.5. The van der Waals surface area contributed by atoms with Crippen LogP contribution in [0.5, 0.6) is 0 Å². The van der Waals surface area contributed by atoms with E-state index in [1.807, 2.05) is 20.8 Å². The highest BCUT2D eigenvalue weighted by Crippen LogP contribution is 2.65. The minimum absolute atomic E-state index is 0.0588. The van der Waals surface area contributed by atoms with E-state index in [0.717, 1.165) is 32.1 Å². The molecule has 0 radical (unpaired) electrons. The fourth-order valence-electron chi connectivity index (χ4n) is 7.66. The summed E-state index contributed by atoms with van der Waals surface area (Å²) in [6.45, 7) is 19.2. The fraction of sp³-hybridized carbons (Fsp3) is 0.811. The van der Waals surface area contributed by atoms with E-state index in [1.165, 1.54) is 17.8 Å². The predicted octanol–water partition coefficient (Wildman–Crippen LogP) is 3.74. The summed E-state index contributed by atoms with van der Waals surface area (Å²) in [4.78, 5) is 69.8. The zero-order valence-corrected chi connectivity index (χ0v) is 33.5. The number of carbonyl (C=O) groups excluding carboxylic acids is 5. The van der Waals surface area contributed by atoms with E-state index in [2.05, 4.69) is 41.7 Å². The van der Waals surface area contributed by atoms with E-state index in [-0.39, 0.29) is 46.0 Å². The smallest absolute Gasteiger partial charge is 0.315 e. The number of hydrogen-bond donors (Lipinski definition) is 4. The summed E-state index contributed by atoms with van der Waals surface area (Å²) in [7, 11) is -3.57. The van der Waals surface area contributed by atoms with Crippen LogP contribution in [-0.4, -0.2) is 101 Å². The van der Waals surface area contributed by atoms with Crippen LogP contribution in [0.2, 0.25) is 0 Å². The molecule has 288 valence electrons. The van der Waals surface area contributed by atoms with Crippen LogP contribution >= 0.6 is 11.8 Å². The molecule has 51 heavy (non-hydrogen) atoms. The van der Waals surface area contributed by atoms with Crippen LogP contribution in [0.1, 0.15) is 107 Å². The molecule has 4 rings (SSSR count). The highest BCUT2D eigenvalue weighted by Gasteiger charge is 2.69. The van der Waals surface area contributed by atoms with Crippen LogP contribution in [0.15, 0.2) is 12.7 Å². The zero-order valence-electron chi connectivity index (χ0n) is 31.9. The number of rotatable bonds is 15. The van der Waals surface area contributed by atoms with E-state index in [0.29, 0.717) is 25.8 Å². The molecule has 1 unspecified atom stereocenters. The fourth-order valence-corrected chi connectivity index (χ4v) is 10.1. The van der Waals surface area contributed by atoms with Crippen molar-refractivity contribution < 1.29 is 32.4 Å². The lowest BCUT2D eigenvalue weighted by Gasteiger charge is -2.40. The summed E-state index contributed by atoms with van der Waals surface area (Å²) in [5, 5.41) is 11.3. The number of amides is 5. The highest BCUT2D eigenvalue weighted by atomic mass is 32.2. The summed E-state index contributed by atoms with van der Waals surface area (Å²) in [5.74, 6) is -2.19. The van der Waals surface area contributed by atoms with E-state index in [4.69, 9.17) is 0 Å². The maximum Gasteiger partial charge on any atom is 0.315 e. The minimum atomic E-state index is -3.57. The molecule has 0 spiro atoms. The normalized spacial score (nSPS) is 25.1. The third-order valence-corrected chi connectivity index (χ3v) is 15.3. The molecule has 12 nitrogen and oxygen atoms in total. The first kappa shape index (κ1) is 41.2. The number of ketones is 1. The molecule has 0 aromatic rings. The Labute approximate surface area is 309 Å². The van der Waals surface area contributed by atoms with Gasteiger partial charge in [0.25, 0.3) is 5.91 Å². The number of nitrogens with zero attached hydrogens (tertiary/aromatic N) is 1. The van der Waals surface area contributed by atoms with Crippen molar-refractivity contribution in [3.05, 3.63) is 12.7 Å². The van der Waals surface area contributed by atoms with E-state index >= 15 is 0 Å². The van der Waals surface area contributed by atoms with Crippen LogP contribution in [0.25, 0.3) is 0 Å². The number of nitrogens with one attached hydrogen (secondary N) is 4. The van der Waals surface area contributed by atoms with Crippen LogP contribution < -0.4 is 21.3 Å². The number of fused-ring (bicyclic) bond motifs is 1. The van der Waals surface area contributed by atoms with Gasteiger partial charge < -0.3 is 26.2 Å². The Hall–Kier alpha value is -2.61. The van der Waals surface area contributed by atoms with Crippen molar-refractivity contribution in [3.63, 3.8) is 0 Å². The lowest BCUT2D eigenvalue weighted by molar-refractivity contribution is -0.143. The summed E-state index contributed by atoms with van der Waals surface area (Å²) in [6.07, 6.45) is 7.22. The Kier molecular flexibility index (Phi) is 12.4. The van der Waals surface area contributed by atoms with Crippen molar-refractivity contribution in [2.45, 2.75) is 140 Å². The van der Waals surface area contributed by atoms with Gasteiger partial charge in [0.05, 0.1) is 22.1 Å². The number of thioether (sulfide) groups is 1. The molecular weight excluding hydrogens is 691 g/mol. The van der Waals surface area contributed by atoms with Gasteiger partial charge in [-0.15, -0.1) is 6.58 Å². The second-order valence-corrected chi connectivity index (χ2v) is 22.4. The third kappa shape index (κ3) is 10.1. The largest absolute Gasteiger partial charge is 0.346 e. The monoisotopic (exact) mass is 751 g/mol. The Morgan fingerprint density at radius 2 is 1.59 bits per heavy atom.